The molecular weight excluding hydrogens is 408 g/mol. The van der Waals surface area contributed by atoms with Crippen molar-refractivity contribution in [2.24, 2.45) is 0 Å². The lowest BCUT2D eigenvalue weighted by Gasteiger charge is -2.18. The van der Waals surface area contributed by atoms with Gasteiger partial charge in [0.05, 0.1) is 0 Å². The second kappa shape index (κ2) is 11.9. The summed E-state index contributed by atoms with van der Waals surface area (Å²) in [6, 6.07) is 16.8. The molecule has 3 aliphatic rings. The van der Waals surface area contributed by atoms with Gasteiger partial charge in [-0.3, -0.25) is 9.59 Å². The number of carbonyl (C=O) groups is 3. The van der Waals surface area contributed by atoms with Crippen molar-refractivity contribution >= 4 is 19.0 Å². The quantitative estimate of drug-likeness (QED) is 0.733. The van der Waals surface area contributed by atoms with Gasteiger partial charge in [-0.05, 0) is 47.9 Å². The predicted octanol–water partition coefficient (Wildman–Crippen LogP) is 3.97. The summed E-state index contributed by atoms with van der Waals surface area (Å²) in [5.41, 5.74) is 5.05. The molecule has 0 bridgehead atoms. The summed E-state index contributed by atoms with van der Waals surface area (Å²) < 4.78 is 5.61. The second-order valence-electron chi connectivity index (χ2n) is 7.95. The van der Waals surface area contributed by atoms with Crippen LogP contribution in [0.2, 0.25) is 0 Å². The third-order valence-electron chi connectivity index (χ3n) is 5.99. The topological polar surface area (TPSA) is 87.2 Å². The molecule has 2 saturated heterocycles. The van der Waals surface area contributed by atoms with Gasteiger partial charge >= 0.3 is 6.09 Å². The molecule has 7 heteroatoms. The number of nitrogens with zero attached hydrogens (tertiary/aromatic N) is 2. The maximum atomic E-state index is 12.1. The Kier molecular flexibility index (Phi) is 8.66. The molecule has 7 nitrogen and oxygen atoms in total. The van der Waals surface area contributed by atoms with Crippen LogP contribution in [0.1, 0.15) is 42.7 Å². The number of fused-ring (bicyclic) bond motifs is 3. The Morgan fingerprint density at radius 2 is 1.34 bits per heavy atom. The minimum absolute atomic E-state index is 0.152. The van der Waals surface area contributed by atoms with Crippen LogP contribution in [-0.4, -0.2) is 66.7 Å². The van der Waals surface area contributed by atoms with Crippen LogP contribution in [0, 0.1) is 0 Å². The molecule has 2 aromatic rings. The highest BCUT2D eigenvalue weighted by Gasteiger charge is 2.30. The first-order valence-electron chi connectivity index (χ1n) is 11.1. The van der Waals surface area contributed by atoms with E-state index < -0.39 is 0 Å². The lowest BCUT2D eigenvalue weighted by atomic mass is 9.98. The van der Waals surface area contributed by atoms with Crippen LogP contribution in [-0.2, 0) is 14.3 Å². The van der Waals surface area contributed by atoms with Gasteiger partial charge in [-0.1, -0.05) is 48.5 Å². The Morgan fingerprint density at radius 3 is 1.81 bits per heavy atom. The molecule has 2 aliphatic heterocycles. The lowest BCUT2D eigenvalue weighted by molar-refractivity contribution is -0.123. The minimum Gasteiger partial charge on any atom is -0.483 e. The van der Waals surface area contributed by atoms with Crippen LogP contribution in [0.3, 0.4) is 0 Å². The SMILES string of the molecule is O=C(OCC1c2ccccc2-c2ccccc21)N1CCCC1.O=CN1CCCC1.O=CO. The van der Waals surface area contributed by atoms with E-state index in [-0.39, 0.29) is 18.5 Å². The third kappa shape index (κ3) is 5.66. The van der Waals surface area contributed by atoms with Crippen LogP contribution in [0.25, 0.3) is 11.1 Å². The van der Waals surface area contributed by atoms with Crippen LogP contribution >= 0.6 is 0 Å². The summed E-state index contributed by atoms with van der Waals surface area (Å²) in [4.78, 5) is 34.0. The predicted molar refractivity (Wildman–Crippen MR) is 121 cm³/mol. The van der Waals surface area contributed by atoms with Crippen LogP contribution in [0.15, 0.2) is 48.5 Å². The fourth-order valence-corrected chi connectivity index (χ4v) is 4.43. The molecule has 32 heavy (non-hydrogen) atoms. The van der Waals surface area contributed by atoms with Crippen molar-refractivity contribution in [3.05, 3.63) is 59.7 Å². The molecule has 0 saturated carbocycles. The van der Waals surface area contributed by atoms with E-state index in [0.717, 1.165) is 45.4 Å². The monoisotopic (exact) mass is 438 g/mol. The summed E-state index contributed by atoms with van der Waals surface area (Å²) in [6.07, 6.45) is 5.32. The molecule has 0 spiro atoms. The van der Waals surface area contributed by atoms with Crippen molar-refractivity contribution in [3.8, 4) is 11.1 Å². The average Bonchev–Trinajstić information content (AvgIpc) is 3.59. The van der Waals surface area contributed by atoms with Gasteiger partial charge in [0.25, 0.3) is 6.47 Å². The van der Waals surface area contributed by atoms with Crippen LogP contribution < -0.4 is 0 Å². The number of carbonyl (C=O) groups excluding carboxylic acids is 2. The van der Waals surface area contributed by atoms with Gasteiger partial charge in [-0.25, -0.2) is 4.79 Å². The molecule has 2 amide bonds. The fraction of sp³-hybridized carbons (Fsp3) is 0.400. The number of carboxylic acid groups (broad SMARTS) is 1. The first-order valence-corrected chi connectivity index (χ1v) is 11.1. The normalized spacial score (nSPS) is 16.1. The van der Waals surface area contributed by atoms with Crippen molar-refractivity contribution in [2.75, 3.05) is 32.8 Å². The van der Waals surface area contributed by atoms with Crippen molar-refractivity contribution in [3.63, 3.8) is 0 Å². The van der Waals surface area contributed by atoms with Gasteiger partial charge in [-0.2, -0.15) is 0 Å². The van der Waals surface area contributed by atoms with Gasteiger partial charge in [0, 0.05) is 32.1 Å². The second-order valence-corrected chi connectivity index (χ2v) is 7.95. The Labute approximate surface area is 188 Å². The molecule has 0 aromatic heterocycles. The van der Waals surface area contributed by atoms with E-state index >= 15 is 0 Å². The van der Waals surface area contributed by atoms with E-state index in [2.05, 4.69) is 48.5 Å². The van der Waals surface area contributed by atoms with E-state index in [9.17, 15) is 9.59 Å². The van der Waals surface area contributed by atoms with Crippen molar-refractivity contribution in [1.82, 2.24) is 9.80 Å². The molecule has 170 valence electrons. The number of amides is 2. The number of hydrogen-bond donors (Lipinski definition) is 1. The number of ether oxygens (including phenoxy) is 1. The zero-order valence-corrected chi connectivity index (χ0v) is 18.2. The first-order chi connectivity index (χ1) is 15.7. The average molecular weight is 439 g/mol. The summed E-state index contributed by atoms with van der Waals surface area (Å²) in [6.45, 7) is 3.78. The highest BCUT2D eigenvalue weighted by atomic mass is 16.6. The Hall–Kier alpha value is -3.35. The summed E-state index contributed by atoms with van der Waals surface area (Å²) in [5.74, 6) is 0.152. The molecule has 1 aliphatic carbocycles. The molecule has 2 heterocycles. The Bertz CT molecular complexity index is 859. The van der Waals surface area contributed by atoms with Gasteiger partial charge in [0.2, 0.25) is 6.41 Å². The fourth-order valence-electron chi connectivity index (χ4n) is 4.43. The molecule has 1 N–H and O–H groups in total. The summed E-state index contributed by atoms with van der Waals surface area (Å²) in [7, 11) is 0. The molecule has 2 aromatic carbocycles. The Balaban J connectivity index is 0.000000242. The highest BCUT2D eigenvalue weighted by molar-refractivity contribution is 5.79. The molecular formula is C25H30N2O5. The van der Waals surface area contributed by atoms with E-state index in [4.69, 9.17) is 14.6 Å². The highest BCUT2D eigenvalue weighted by Crippen LogP contribution is 2.44. The van der Waals surface area contributed by atoms with E-state index in [1.54, 1.807) is 4.90 Å². The zero-order chi connectivity index (χ0) is 22.8. The maximum absolute atomic E-state index is 12.1. The minimum atomic E-state index is -0.250. The molecule has 0 radical (unpaired) electrons. The van der Waals surface area contributed by atoms with Crippen molar-refractivity contribution < 1.29 is 24.2 Å². The number of benzene rings is 2. The number of likely N-dealkylation sites (tertiary alicyclic amines) is 2. The van der Waals surface area contributed by atoms with Crippen molar-refractivity contribution in [2.45, 2.75) is 31.6 Å². The summed E-state index contributed by atoms with van der Waals surface area (Å²) in [5, 5.41) is 6.89. The standard InChI is InChI=1S/C19H19NO2.C5H9NO.CH2O2/c21-19(20-11-5-6-12-20)22-13-18-16-9-3-1-7-14(16)15-8-2-4-10-17(15)18;7-5-6-3-1-2-4-6;2-1-3/h1-4,7-10,18H,5-6,11-13H2;5H,1-4H2;1H,(H,2,3). The molecule has 0 atom stereocenters. The van der Waals surface area contributed by atoms with Gasteiger partial charge in [-0.15, -0.1) is 0 Å². The molecule has 0 unspecified atom stereocenters. The molecule has 5 rings (SSSR count). The number of hydrogen-bond acceptors (Lipinski definition) is 4. The zero-order valence-electron chi connectivity index (χ0n) is 18.2. The third-order valence-corrected chi connectivity index (χ3v) is 5.99. The van der Waals surface area contributed by atoms with E-state index in [1.807, 2.05) is 4.90 Å². The van der Waals surface area contributed by atoms with Gasteiger partial charge < -0.3 is 19.6 Å². The maximum Gasteiger partial charge on any atom is 0.409 e. The van der Waals surface area contributed by atoms with Crippen molar-refractivity contribution in [1.29, 1.82) is 0 Å². The molecule has 2 fully saturated rings. The van der Waals surface area contributed by atoms with E-state index in [0.29, 0.717) is 6.61 Å². The van der Waals surface area contributed by atoms with Gasteiger partial charge in [0.1, 0.15) is 6.61 Å². The first kappa shape index (κ1) is 23.3. The van der Waals surface area contributed by atoms with E-state index in [1.165, 1.54) is 35.1 Å². The Morgan fingerprint density at radius 1 is 0.875 bits per heavy atom. The lowest BCUT2D eigenvalue weighted by Crippen LogP contribution is -2.29. The van der Waals surface area contributed by atoms with Crippen LogP contribution in [0.4, 0.5) is 4.79 Å². The number of rotatable bonds is 3. The largest absolute Gasteiger partial charge is 0.483 e. The van der Waals surface area contributed by atoms with Gasteiger partial charge in [0.15, 0.2) is 0 Å². The smallest absolute Gasteiger partial charge is 0.409 e. The summed E-state index contributed by atoms with van der Waals surface area (Å²) >= 11 is 0. The van der Waals surface area contributed by atoms with Crippen LogP contribution in [0.5, 0.6) is 0 Å².